The van der Waals surface area contributed by atoms with Gasteiger partial charge in [0.15, 0.2) is 11.2 Å². The van der Waals surface area contributed by atoms with E-state index in [2.05, 4.69) is 29.6 Å². The van der Waals surface area contributed by atoms with Gasteiger partial charge in [-0.15, -0.1) is 0 Å². The average molecular weight is 613 g/mol. The summed E-state index contributed by atoms with van der Waals surface area (Å²) in [6.45, 7) is 1.50. The predicted octanol–water partition coefficient (Wildman–Crippen LogP) is 7.33. The van der Waals surface area contributed by atoms with Crippen molar-refractivity contribution in [3.8, 4) is 0 Å². The first-order valence-electron chi connectivity index (χ1n) is 15.2. The van der Waals surface area contributed by atoms with Crippen LogP contribution in [0.3, 0.4) is 0 Å². The van der Waals surface area contributed by atoms with Gasteiger partial charge in [0.1, 0.15) is 11.4 Å². The Morgan fingerprint density at radius 2 is 1.80 bits per heavy atom. The van der Waals surface area contributed by atoms with Crippen molar-refractivity contribution in [2.75, 3.05) is 6.54 Å². The second-order valence-electron chi connectivity index (χ2n) is 11.7. The molecule has 44 heavy (non-hydrogen) atoms. The van der Waals surface area contributed by atoms with Crippen molar-refractivity contribution in [2.24, 2.45) is 0 Å². The highest BCUT2D eigenvalue weighted by Gasteiger charge is 2.25. The van der Waals surface area contributed by atoms with Crippen LogP contribution in [0.2, 0.25) is 5.02 Å². The number of carbonyl (C=O) groups is 2. The van der Waals surface area contributed by atoms with Crippen molar-refractivity contribution in [1.82, 2.24) is 10.2 Å². The highest BCUT2D eigenvalue weighted by atomic mass is 35.5. The molecule has 6 rings (SSSR count). The molecular weight excluding hydrogens is 579 g/mol. The monoisotopic (exact) mass is 612 g/mol. The molecule has 6 nitrogen and oxygen atoms in total. The summed E-state index contributed by atoms with van der Waals surface area (Å²) in [4.78, 5) is 40.2. The number of hydrogen-bond donors (Lipinski definition) is 1. The van der Waals surface area contributed by atoms with Crippen LogP contribution in [-0.4, -0.2) is 29.3 Å². The number of allylic oxidation sites excluding steroid dienone is 1. The largest absolute Gasteiger partial charge is 0.451 e. The number of benzene rings is 3. The van der Waals surface area contributed by atoms with E-state index >= 15 is 0 Å². The van der Waals surface area contributed by atoms with Crippen molar-refractivity contribution in [3.63, 3.8) is 0 Å². The lowest BCUT2D eigenvalue weighted by Gasteiger charge is -2.28. The molecule has 2 heterocycles. The topological polar surface area (TPSA) is 79.6 Å². The van der Waals surface area contributed by atoms with Crippen LogP contribution in [-0.2, 0) is 17.8 Å². The van der Waals surface area contributed by atoms with E-state index in [9.17, 15) is 18.8 Å². The first-order valence-corrected chi connectivity index (χ1v) is 15.5. The van der Waals surface area contributed by atoms with Crippen LogP contribution in [0.1, 0.15) is 71.7 Å². The van der Waals surface area contributed by atoms with E-state index in [4.69, 9.17) is 16.0 Å². The summed E-state index contributed by atoms with van der Waals surface area (Å²) in [5.74, 6) is -0.536. The van der Waals surface area contributed by atoms with Gasteiger partial charge in [0.05, 0.1) is 11.4 Å². The Bertz CT molecular complexity index is 1770. The van der Waals surface area contributed by atoms with Crippen LogP contribution in [0.5, 0.6) is 0 Å². The Hall–Kier alpha value is -4.23. The van der Waals surface area contributed by atoms with Crippen molar-refractivity contribution >= 4 is 34.4 Å². The zero-order valence-corrected chi connectivity index (χ0v) is 25.1. The third-order valence-electron chi connectivity index (χ3n) is 8.69. The van der Waals surface area contributed by atoms with Gasteiger partial charge in [0, 0.05) is 30.6 Å². The van der Waals surface area contributed by atoms with Gasteiger partial charge in [-0.3, -0.25) is 14.4 Å². The fraction of sp³-hybridized carbons (Fsp3) is 0.306. The molecule has 1 aliphatic carbocycles. The number of rotatable bonds is 8. The van der Waals surface area contributed by atoms with Crippen LogP contribution < -0.4 is 10.7 Å². The third kappa shape index (κ3) is 6.94. The molecule has 3 aromatic carbocycles. The van der Waals surface area contributed by atoms with E-state index in [1.165, 1.54) is 28.8 Å². The van der Waals surface area contributed by atoms with Gasteiger partial charge in [-0.2, -0.15) is 0 Å². The minimum Gasteiger partial charge on any atom is -0.451 e. The maximum Gasteiger partial charge on any atom is 0.287 e. The maximum absolute atomic E-state index is 13.7. The van der Waals surface area contributed by atoms with Crippen LogP contribution in [0.4, 0.5) is 4.39 Å². The zero-order chi connectivity index (χ0) is 30.6. The highest BCUT2D eigenvalue weighted by molar-refractivity contribution is 6.30. The van der Waals surface area contributed by atoms with Gasteiger partial charge in [-0.25, -0.2) is 4.39 Å². The smallest absolute Gasteiger partial charge is 0.287 e. The molecule has 0 bridgehead atoms. The molecule has 1 aromatic heterocycles. The van der Waals surface area contributed by atoms with Crippen LogP contribution in [0.25, 0.3) is 11.0 Å². The van der Waals surface area contributed by atoms with E-state index < -0.39 is 17.2 Å². The number of likely N-dealkylation sites (tertiary alicyclic amines) is 1. The van der Waals surface area contributed by atoms with E-state index in [1.807, 2.05) is 35.2 Å². The fourth-order valence-corrected chi connectivity index (χ4v) is 6.54. The molecule has 2 amide bonds. The average Bonchev–Trinajstić information content (AvgIpc) is 3.43. The molecule has 4 aromatic rings. The quantitative estimate of drug-likeness (QED) is 0.211. The number of nitrogens with zero attached hydrogens (tertiary/aromatic N) is 1. The summed E-state index contributed by atoms with van der Waals surface area (Å²) in [6, 6.07) is 20.4. The highest BCUT2D eigenvalue weighted by Crippen LogP contribution is 2.37. The summed E-state index contributed by atoms with van der Waals surface area (Å²) < 4.78 is 19.4. The number of nitrogens with one attached hydrogen (secondary N) is 1. The van der Waals surface area contributed by atoms with E-state index in [-0.39, 0.29) is 28.7 Å². The third-order valence-corrected chi connectivity index (χ3v) is 8.94. The van der Waals surface area contributed by atoms with E-state index in [0.717, 1.165) is 56.3 Å². The number of hydrogen-bond acceptors (Lipinski definition) is 4. The number of halogens is 2. The molecule has 0 radical (unpaired) electrons. The van der Waals surface area contributed by atoms with Crippen LogP contribution >= 0.6 is 11.6 Å². The van der Waals surface area contributed by atoms with Gasteiger partial charge in [-0.05, 0) is 91.5 Å². The molecule has 1 saturated carbocycles. The van der Waals surface area contributed by atoms with Crippen molar-refractivity contribution in [3.05, 3.63) is 128 Å². The Morgan fingerprint density at radius 3 is 2.55 bits per heavy atom. The molecule has 0 unspecified atom stereocenters. The number of amides is 2. The number of fused-ring (bicyclic) bond motifs is 1. The van der Waals surface area contributed by atoms with E-state index in [1.54, 1.807) is 0 Å². The van der Waals surface area contributed by atoms with E-state index in [0.29, 0.717) is 30.3 Å². The second-order valence-corrected chi connectivity index (χ2v) is 12.2. The molecule has 1 aliphatic heterocycles. The predicted molar refractivity (Wildman–Crippen MR) is 169 cm³/mol. The van der Waals surface area contributed by atoms with Crippen molar-refractivity contribution in [1.29, 1.82) is 0 Å². The molecule has 1 saturated heterocycles. The van der Waals surface area contributed by atoms with Crippen LogP contribution in [0.15, 0.2) is 93.7 Å². The summed E-state index contributed by atoms with van der Waals surface area (Å²) >= 11 is 6.10. The molecule has 1 N–H and O–H groups in total. The Labute approximate surface area is 260 Å². The SMILES string of the molecule is O=C(N[C@H](C=C1CCC(c2ccccc2CN2CCCC2=O)CC1)Cc1ccc(Cl)cc1)c1cc(=O)c2cc(F)ccc2o1. The lowest BCUT2D eigenvalue weighted by atomic mass is 9.79. The molecular formula is C36H34ClFN2O4. The van der Waals surface area contributed by atoms with Gasteiger partial charge in [0.25, 0.3) is 5.91 Å². The lowest BCUT2D eigenvalue weighted by Crippen LogP contribution is -2.36. The summed E-state index contributed by atoms with van der Waals surface area (Å²) in [5.41, 5.74) is 4.51. The molecule has 2 fully saturated rings. The Morgan fingerprint density at radius 1 is 1.02 bits per heavy atom. The number of carbonyl (C=O) groups excluding carboxylic acids is 2. The summed E-state index contributed by atoms with van der Waals surface area (Å²) in [6.07, 6.45) is 7.98. The minimum absolute atomic E-state index is 0.0896. The Kier molecular flexibility index (Phi) is 8.94. The van der Waals surface area contributed by atoms with Gasteiger partial charge < -0.3 is 14.6 Å². The zero-order valence-electron chi connectivity index (χ0n) is 24.4. The molecule has 2 aliphatic rings. The lowest BCUT2D eigenvalue weighted by molar-refractivity contribution is -0.128. The van der Waals surface area contributed by atoms with Crippen molar-refractivity contribution < 1.29 is 18.4 Å². The molecule has 8 heteroatoms. The van der Waals surface area contributed by atoms with Gasteiger partial charge in [0.2, 0.25) is 5.91 Å². The molecule has 226 valence electrons. The standard InChI is InChI=1S/C36H34ClFN2O4/c37-27-13-9-24(10-14-27)19-29(39-36(43)34-21-32(41)31-20-28(38)15-16-33(31)44-34)18-23-7-11-25(12-8-23)30-5-2-1-4-26(30)22-40-17-3-6-35(40)42/h1-2,4-5,9-10,13-16,18,20-21,25,29H,3,6-8,11-12,17,19,22H2,(H,39,43)/t25?,29-/m1/s1. The second kappa shape index (κ2) is 13.2. The Balaban J connectivity index is 1.19. The van der Waals surface area contributed by atoms with Crippen LogP contribution in [0, 0.1) is 5.82 Å². The maximum atomic E-state index is 13.7. The fourth-order valence-electron chi connectivity index (χ4n) is 6.41. The minimum atomic E-state index is -0.545. The first-order chi connectivity index (χ1) is 21.3. The summed E-state index contributed by atoms with van der Waals surface area (Å²) in [7, 11) is 0. The molecule has 0 spiro atoms. The van der Waals surface area contributed by atoms with Gasteiger partial charge in [-0.1, -0.05) is 59.6 Å². The van der Waals surface area contributed by atoms with Crippen molar-refractivity contribution in [2.45, 2.75) is 63.5 Å². The normalized spacial score (nSPS) is 17.6. The van der Waals surface area contributed by atoms with Gasteiger partial charge >= 0.3 is 0 Å². The first kappa shape index (κ1) is 29.8. The summed E-state index contributed by atoms with van der Waals surface area (Å²) in [5, 5.41) is 3.77. The molecule has 1 atom stereocenters.